The first-order chi connectivity index (χ1) is 9.85. The maximum absolute atomic E-state index is 8.82. The second-order valence-corrected chi connectivity index (χ2v) is 6.06. The van der Waals surface area contributed by atoms with Crippen LogP contribution in [-0.2, 0) is 0 Å². The number of aliphatic hydroxyl groups excluding tert-OH is 1. The molecule has 0 bridgehead atoms. The molecule has 1 nitrogen and oxygen atoms in total. The Morgan fingerprint density at radius 3 is 2.00 bits per heavy atom. The van der Waals surface area contributed by atoms with Gasteiger partial charge in [-0.3, -0.25) is 0 Å². The summed E-state index contributed by atoms with van der Waals surface area (Å²) in [5.41, 5.74) is 1.68. The molecule has 0 heterocycles. The van der Waals surface area contributed by atoms with Crippen LogP contribution in [0.5, 0.6) is 0 Å². The molecule has 1 N–H and O–H groups in total. The summed E-state index contributed by atoms with van der Waals surface area (Å²) in [4.78, 5) is 0. The highest BCUT2D eigenvalue weighted by molar-refractivity contribution is 5.01. The van der Waals surface area contributed by atoms with Crippen LogP contribution >= 0.6 is 0 Å². The van der Waals surface area contributed by atoms with E-state index in [0.717, 1.165) is 6.42 Å². The van der Waals surface area contributed by atoms with Gasteiger partial charge in [-0.25, -0.2) is 0 Å². The van der Waals surface area contributed by atoms with Gasteiger partial charge < -0.3 is 5.11 Å². The van der Waals surface area contributed by atoms with E-state index < -0.39 is 0 Å². The molecule has 0 rings (SSSR count). The standard InChI is InChI=1S/C19H38O/c1-3-5-7-8-9-10-12-16-19(15-6-4-2)17-13-11-14-18-20/h16,20H,3-15,17-18H2,1-2H3/b19-16+. The Labute approximate surface area is 127 Å². The van der Waals surface area contributed by atoms with Crippen molar-refractivity contribution in [2.24, 2.45) is 0 Å². The average Bonchev–Trinajstić information content (AvgIpc) is 2.47. The van der Waals surface area contributed by atoms with Crippen LogP contribution in [0.3, 0.4) is 0 Å². The van der Waals surface area contributed by atoms with E-state index >= 15 is 0 Å². The van der Waals surface area contributed by atoms with Gasteiger partial charge in [0.2, 0.25) is 0 Å². The molecule has 1 heteroatoms. The molecule has 120 valence electrons. The first-order valence-corrected chi connectivity index (χ1v) is 9.13. The summed E-state index contributed by atoms with van der Waals surface area (Å²) in [6.45, 7) is 4.91. The Bertz CT molecular complexity index is 208. The van der Waals surface area contributed by atoms with E-state index in [9.17, 15) is 0 Å². The van der Waals surface area contributed by atoms with Crippen LogP contribution in [0.1, 0.15) is 104 Å². The van der Waals surface area contributed by atoms with Gasteiger partial charge in [0.25, 0.3) is 0 Å². The van der Waals surface area contributed by atoms with Crippen molar-refractivity contribution in [3.8, 4) is 0 Å². The number of hydrogen-bond acceptors (Lipinski definition) is 1. The zero-order valence-electron chi connectivity index (χ0n) is 14.1. The van der Waals surface area contributed by atoms with Crippen molar-refractivity contribution in [1.82, 2.24) is 0 Å². The molecule has 20 heavy (non-hydrogen) atoms. The van der Waals surface area contributed by atoms with Crippen LogP contribution in [0, 0.1) is 0 Å². The predicted molar refractivity (Wildman–Crippen MR) is 91.2 cm³/mol. The third kappa shape index (κ3) is 14.1. The molecular weight excluding hydrogens is 244 g/mol. The fourth-order valence-electron chi connectivity index (χ4n) is 2.60. The maximum Gasteiger partial charge on any atom is 0.0431 e. The number of allylic oxidation sites excluding steroid dienone is 2. The van der Waals surface area contributed by atoms with Gasteiger partial charge in [0.15, 0.2) is 0 Å². The zero-order valence-corrected chi connectivity index (χ0v) is 14.1. The molecule has 0 radical (unpaired) electrons. The molecule has 0 spiro atoms. The fraction of sp³-hybridized carbons (Fsp3) is 0.895. The highest BCUT2D eigenvalue weighted by atomic mass is 16.2. The van der Waals surface area contributed by atoms with Gasteiger partial charge in [-0.15, -0.1) is 0 Å². The lowest BCUT2D eigenvalue weighted by Gasteiger charge is -2.07. The van der Waals surface area contributed by atoms with Crippen molar-refractivity contribution in [3.05, 3.63) is 11.6 Å². The number of rotatable bonds is 15. The van der Waals surface area contributed by atoms with Gasteiger partial charge in [0.1, 0.15) is 0 Å². The van der Waals surface area contributed by atoms with Gasteiger partial charge in [0, 0.05) is 6.61 Å². The van der Waals surface area contributed by atoms with E-state index in [2.05, 4.69) is 19.9 Å². The van der Waals surface area contributed by atoms with Crippen LogP contribution in [-0.4, -0.2) is 11.7 Å². The Kier molecular flexibility index (Phi) is 16.5. The Morgan fingerprint density at radius 1 is 0.700 bits per heavy atom. The van der Waals surface area contributed by atoms with E-state index in [0.29, 0.717) is 6.61 Å². The highest BCUT2D eigenvalue weighted by Gasteiger charge is 1.98. The summed E-state index contributed by atoms with van der Waals surface area (Å²) in [6.07, 6.45) is 20.8. The molecule has 0 atom stereocenters. The van der Waals surface area contributed by atoms with Crippen LogP contribution < -0.4 is 0 Å². The van der Waals surface area contributed by atoms with Crippen molar-refractivity contribution in [2.45, 2.75) is 104 Å². The van der Waals surface area contributed by atoms with Crippen LogP contribution in [0.15, 0.2) is 11.6 Å². The summed E-state index contributed by atoms with van der Waals surface area (Å²) < 4.78 is 0. The van der Waals surface area contributed by atoms with Gasteiger partial charge in [0.05, 0.1) is 0 Å². The van der Waals surface area contributed by atoms with Gasteiger partial charge in [-0.1, -0.05) is 70.4 Å². The first-order valence-electron chi connectivity index (χ1n) is 9.13. The van der Waals surface area contributed by atoms with Gasteiger partial charge in [-0.2, -0.15) is 0 Å². The lowest BCUT2D eigenvalue weighted by molar-refractivity contribution is 0.283. The molecule has 0 saturated heterocycles. The fourth-order valence-corrected chi connectivity index (χ4v) is 2.60. The summed E-state index contributed by atoms with van der Waals surface area (Å²) in [6, 6.07) is 0. The van der Waals surface area contributed by atoms with Gasteiger partial charge in [-0.05, 0) is 44.9 Å². The van der Waals surface area contributed by atoms with Crippen LogP contribution in [0.25, 0.3) is 0 Å². The molecule has 0 unspecified atom stereocenters. The highest BCUT2D eigenvalue weighted by Crippen LogP contribution is 2.18. The van der Waals surface area contributed by atoms with Crippen molar-refractivity contribution in [3.63, 3.8) is 0 Å². The lowest BCUT2D eigenvalue weighted by atomic mass is 9.99. The minimum absolute atomic E-state index is 0.353. The van der Waals surface area contributed by atoms with Gasteiger partial charge >= 0.3 is 0 Å². The third-order valence-electron chi connectivity index (χ3n) is 4.00. The van der Waals surface area contributed by atoms with Crippen molar-refractivity contribution >= 4 is 0 Å². The first kappa shape index (κ1) is 19.7. The Hall–Kier alpha value is -0.300. The smallest absolute Gasteiger partial charge is 0.0431 e. The quantitative estimate of drug-likeness (QED) is 0.272. The summed E-state index contributed by atoms with van der Waals surface area (Å²) in [5, 5.41) is 8.82. The monoisotopic (exact) mass is 282 g/mol. The van der Waals surface area contributed by atoms with E-state index in [4.69, 9.17) is 5.11 Å². The van der Waals surface area contributed by atoms with E-state index in [-0.39, 0.29) is 0 Å². The predicted octanol–water partition coefficient (Wildman–Crippen LogP) is 6.41. The second kappa shape index (κ2) is 16.8. The topological polar surface area (TPSA) is 20.2 Å². The molecule has 0 amide bonds. The molecule has 0 aliphatic rings. The minimum Gasteiger partial charge on any atom is -0.396 e. The molecule has 0 saturated carbocycles. The third-order valence-corrected chi connectivity index (χ3v) is 4.00. The normalized spacial score (nSPS) is 12.1. The van der Waals surface area contributed by atoms with Crippen molar-refractivity contribution < 1.29 is 5.11 Å². The summed E-state index contributed by atoms with van der Waals surface area (Å²) in [5.74, 6) is 0. The summed E-state index contributed by atoms with van der Waals surface area (Å²) >= 11 is 0. The molecular formula is C19H38O. The van der Waals surface area contributed by atoms with Crippen LogP contribution in [0.4, 0.5) is 0 Å². The number of aliphatic hydroxyl groups is 1. The minimum atomic E-state index is 0.353. The Balaban J connectivity index is 3.72. The molecule has 0 aromatic rings. The maximum atomic E-state index is 8.82. The molecule has 0 fully saturated rings. The zero-order chi connectivity index (χ0) is 14.9. The van der Waals surface area contributed by atoms with Crippen molar-refractivity contribution in [2.75, 3.05) is 6.61 Å². The largest absolute Gasteiger partial charge is 0.396 e. The van der Waals surface area contributed by atoms with E-state index in [1.165, 1.54) is 83.5 Å². The number of hydrogen-bond donors (Lipinski definition) is 1. The molecule has 0 aliphatic heterocycles. The SMILES string of the molecule is CCCCCCCC/C=C(\CCCC)CCCCCO. The van der Waals surface area contributed by atoms with E-state index in [1.54, 1.807) is 5.57 Å². The second-order valence-electron chi connectivity index (χ2n) is 6.06. The lowest BCUT2D eigenvalue weighted by Crippen LogP contribution is -1.89. The summed E-state index contributed by atoms with van der Waals surface area (Å²) in [7, 11) is 0. The molecule has 0 aliphatic carbocycles. The van der Waals surface area contributed by atoms with Crippen LogP contribution in [0.2, 0.25) is 0 Å². The van der Waals surface area contributed by atoms with E-state index in [1.807, 2.05) is 0 Å². The Morgan fingerprint density at radius 2 is 1.30 bits per heavy atom. The number of unbranched alkanes of at least 4 members (excludes halogenated alkanes) is 9. The van der Waals surface area contributed by atoms with Crippen molar-refractivity contribution in [1.29, 1.82) is 0 Å². The molecule has 0 aromatic carbocycles. The molecule has 0 aromatic heterocycles. The average molecular weight is 283 g/mol.